The molecule has 18 heavy (non-hydrogen) atoms. The van der Waals surface area contributed by atoms with Gasteiger partial charge in [-0.3, -0.25) is 10.1 Å². The van der Waals surface area contributed by atoms with E-state index in [4.69, 9.17) is 0 Å². The van der Waals surface area contributed by atoms with Gasteiger partial charge in [0.2, 0.25) is 0 Å². The second kappa shape index (κ2) is 4.51. The number of aromatic nitrogens is 2. The van der Waals surface area contributed by atoms with Crippen LogP contribution in [0, 0.1) is 5.92 Å². The molecule has 2 atom stereocenters. The highest BCUT2D eigenvalue weighted by Crippen LogP contribution is 2.45. The van der Waals surface area contributed by atoms with Crippen LogP contribution in [-0.2, 0) is 10.8 Å². The van der Waals surface area contributed by atoms with Crippen molar-refractivity contribution in [1.29, 1.82) is 0 Å². The monoisotopic (exact) mass is 279 g/mol. The average molecular weight is 279 g/mol. The molecular weight excluding hydrogens is 266 g/mol. The number of hydrogen-bond acceptors (Lipinski definition) is 4. The summed E-state index contributed by atoms with van der Waals surface area (Å²) in [6.07, 6.45) is 5.52. The van der Waals surface area contributed by atoms with Crippen molar-refractivity contribution >= 4 is 33.7 Å². The van der Waals surface area contributed by atoms with Crippen molar-refractivity contribution in [3.8, 4) is 0 Å². The van der Waals surface area contributed by atoms with Gasteiger partial charge < -0.3 is 0 Å². The Morgan fingerprint density at radius 3 is 3.06 bits per heavy atom. The maximum Gasteiger partial charge on any atom is 0.0946 e. The van der Waals surface area contributed by atoms with E-state index in [9.17, 15) is 4.21 Å². The number of rotatable bonds is 2. The van der Waals surface area contributed by atoms with E-state index in [-0.39, 0.29) is 0 Å². The molecule has 1 unspecified atom stereocenters. The Hall–Kier alpha value is -1.14. The number of aliphatic imine (C=N–C) groups is 1. The number of hydrogen-bond donors (Lipinski definition) is 1. The second-order valence-electron chi connectivity index (χ2n) is 4.28. The SMILES string of the molecule is CSC1=C2C=NC[C@H](C)C2=C(c2ccn[nH]2)S1=O. The summed E-state index contributed by atoms with van der Waals surface area (Å²) in [5, 5.41) is 6.89. The molecule has 0 bridgehead atoms. The molecule has 0 saturated heterocycles. The summed E-state index contributed by atoms with van der Waals surface area (Å²) >= 11 is 1.54. The molecule has 94 valence electrons. The van der Waals surface area contributed by atoms with Gasteiger partial charge in [0, 0.05) is 30.4 Å². The number of H-pyrrole nitrogens is 1. The molecule has 3 rings (SSSR count). The molecule has 0 radical (unpaired) electrons. The van der Waals surface area contributed by atoms with Gasteiger partial charge in [0.05, 0.1) is 25.6 Å². The number of nitrogens with one attached hydrogen (secondary N) is 1. The zero-order valence-electron chi connectivity index (χ0n) is 10.1. The standard InChI is InChI=1S/C12H13N3OS2/c1-7-5-13-6-8-10(7)11(9-3-4-14-15-9)18(16)12(8)17-2/h3-4,6-7H,5H2,1-2H3,(H,14,15)/t7-,18?/m0/s1. The first kappa shape index (κ1) is 11.9. The maximum atomic E-state index is 12.6. The summed E-state index contributed by atoms with van der Waals surface area (Å²) in [7, 11) is -1.11. The van der Waals surface area contributed by atoms with E-state index in [1.54, 1.807) is 18.0 Å². The molecule has 0 saturated carbocycles. The topological polar surface area (TPSA) is 58.1 Å². The van der Waals surface area contributed by atoms with Crippen LogP contribution >= 0.6 is 11.8 Å². The lowest BCUT2D eigenvalue weighted by molar-refractivity contribution is 0.692. The number of nitrogens with zero attached hydrogens (tertiary/aromatic N) is 2. The quantitative estimate of drug-likeness (QED) is 0.902. The predicted octanol–water partition coefficient (Wildman–Crippen LogP) is 2.18. The van der Waals surface area contributed by atoms with E-state index in [0.717, 1.165) is 32.5 Å². The minimum Gasteiger partial charge on any atom is -0.292 e. The smallest absolute Gasteiger partial charge is 0.0946 e. The number of aromatic amines is 1. The molecule has 1 N–H and O–H groups in total. The Labute approximate surface area is 112 Å². The van der Waals surface area contributed by atoms with Gasteiger partial charge in [-0.15, -0.1) is 11.8 Å². The van der Waals surface area contributed by atoms with Gasteiger partial charge >= 0.3 is 0 Å². The average Bonchev–Trinajstić information content (AvgIpc) is 2.95. The first-order valence-corrected chi connectivity index (χ1v) is 8.05. The number of thioether (sulfide) groups is 1. The van der Waals surface area contributed by atoms with Crippen LogP contribution in [0.3, 0.4) is 0 Å². The van der Waals surface area contributed by atoms with Crippen molar-refractivity contribution in [3.63, 3.8) is 0 Å². The van der Waals surface area contributed by atoms with Crippen LogP contribution in [0.25, 0.3) is 4.91 Å². The summed E-state index contributed by atoms with van der Waals surface area (Å²) in [4.78, 5) is 5.24. The van der Waals surface area contributed by atoms with Gasteiger partial charge in [-0.05, 0) is 17.9 Å². The highest BCUT2D eigenvalue weighted by Gasteiger charge is 2.35. The normalized spacial score (nSPS) is 27.0. The minimum atomic E-state index is -1.11. The Morgan fingerprint density at radius 1 is 1.56 bits per heavy atom. The van der Waals surface area contributed by atoms with E-state index in [0.29, 0.717) is 5.92 Å². The maximum absolute atomic E-state index is 12.6. The van der Waals surface area contributed by atoms with Gasteiger partial charge in [-0.1, -0.05) is 6.92 Å². The van der Waals surface area contributed by atoms with E-state index in [1.165, 1.54) is 0 Å². The molecule has 2 aliphatic rings. The highest BCUT2D eigenvalue weighted by molar-refractivity contribution is 8.19. The fraction of sp³-hybridized carbons (Fsp3) is 0.333. The fourth-order valence-electron chi connectivity index (χ4n) is 2.34. The molecule has 1 aromatic rings. The first-order chi connectivity index (χ1) is 8.74. The minimum absolute atomic E-state index is 0.303. The van der Waals surface area contributed by atoms with E-state index < -0.39 is 10.8 Å². The van der Waals surface area contributed by atoms with Crippen molar-refractivity contribution < 1.29 is 4.21 Å². The van der Waals surface area contributed by atoms with Crippen molar-refractivity contribution in [2.75, 3.05) is 12.8 Å². The number of fused-ring (bicyclic) bond motifs is 1. The Balaban J connectivity index is 2.23. The first-order valence-electron chi connectivity index (χ1n) is 5.68. The van der Waals surface area contributed by atoms with Crippen molar-refractivity contribution in [2.45, 2.75) is 6.92 Å². The largest absolute Gasteiger partial charge is 0.292 e. The lowest BCUT2D eigenvalue weighted by Crippen LogP contribution is -2.12. The molecule has 3 heterocycles. The van der Waals surface area contributed by atoms with Crippen molar-refractivity contribution in [1.82, 2.24) is 10.2 Å². The molecule has 4 nitrogen and oxygen atoms in total. The summed E-state index contributed by atoms with van der Waals surface area (Å²) in [5.74, 6) is 0.303. The van der Waals surface area contributed by atoms with Gasteiger partial charge in [0.15, 0.2) is 0 Å². The van der Waals surface area contributed by atoms with E-state index in [2.05, 4.69) is 22.1 Å². The highest BCUT2D eigenvalue weighted by atomic mass is 32.2. The molecule has 2 aliphatic heterocycles. The summed E-state index contributed by atoms with van der Waals surface area (Å²) < 4.78 is 13.5. The molecular formula is C12H13N3OS2. The summed E-state index contributed by atoms with van der Waals surface area (Å²) in [5.41, 5.74) is 3.06. The van der Waals surface area contributed by atoms with Crippen LogP contribution in [0.15, 0.2) is 32.6 Å². The van der Waals surface area contributed by atoms with Gasteiger partial charge in [-0.2, -0.15) is 5.10 Å². The second-order valence-corrected chi connectivity index (χ2v) is 6.71. The molecule has 6 heteroatoms. The van der Waals surface area contributed by atoms with Crippen LogP contribution in [-0.4, -0.2) is 33.4 Å². The zero-order valence-corrected chi connectivity index (χ0v) is 11.8. The Bertz CT molecular complexity index is 599. The molecule has 0 spiro atoms. The molecule has 0 amide bonds. The zero-order chi connectivity index (χ0) is 12.7. The van der Waals surface area contributed by atoms with Crippen LogP contribution in [0.4, 0.5) is 0 Å². The van der Waals surface area contributed by atoms with Crippen molar-refractivity contribution in [3.05, 3.63) is 33.3 Å². The van der Waals surface area contributed by atoms with Gasteiger partial charge in [0.25, 0.3) is 0 Å². The third-order valence-corrected chi connectivity index (χ3v) is 6.04. The van der Waals surface area contributed by atoms with Gasteiger partial charge in [-0.25, -0.2) is 4.21 Å². The molecule has 0 aliphatic carbocycles. The van der Waals surface area contributed by atoms with Gasteiger partial charge in [0.1, 0.15) is 0 Å². The fourth-order valence-corrected chi connectivity index (χ4v) is 4.95. The third-order valence-electron chi connectivity index (χ3n) is 3.13. The van der Waals surface area contributed by atoms with E-state index in [1.807, 2.05) is 18.5 Å². The molecule has 0 fully saturated rings. The van der Waals surface area contributed by atoms with Crippen LogP contribution in [0.2, 0.25) is 0 Å². The van der Waals surface area contributed by atoms with Crippen LogP contribution in [0.1, 0.15) is 12.6 Å². The number of allylic oxidation sites excluding steroid dienone is 1. The van der Waals surface area contributed by atoms with Crippen LogP contribution < -0.4 is 0 Å². The molecule has 1 aromatic heterocycles. The third kappa shape index (κ3) is 1.63. The Morgan fingerprint density at radius 2 is 2.39 bits per heavy atom. The van der Waals surface area contributed by atoms with E-state index >= 15 is 0 Å². The predicted molar refractivity (Wildman–Crippen MR) is 76.7 cm³/mol. The van der Waals surface area contributed by atoms with Crippen LogP contribution in [0.5, 0.6) is 0 Å². The summed E-state index contributed by atoms with van der Waals surface area (Å²) in [6, 6.07) is 1.87. The summed E-state index contributed by atoms with van der Waals surface area (Å²) in [6.45, 7) is 2.89. The molecule has 0 aromatic carbocycles. The lowest BCUT2D eigenvalue weighted by Gasteiger charge is -2.18. The van der Waals surface area contributed by atoms with Crippen molar-refractivity contribution in [2.24, 2.45) is 10.9 Å². The lowest BCUT2D eigenvalue weighted by atomic mass is 9.92. The Kier molecular flexibility index (Phi) is 2.99.